The Labute approximate surface area is 216 Å². The maximum absolute atomic E-state index is 12.9. The van der Waals surface area contributed by atoms with Crippen molar-refractivity contribution < 1.29 is 14.4 Å². The van der Waals surface area contributed by atoms with Gasteiger partial charge in [-0.1, -0.05) is 23.2 Å². The Bertz CT molecular complexity index is 1100. The second-order valence-electron chi connectivity index (χ2n) is 7.50. The molecule has 1 unspecified atom stereocenters. The number of amides is 1. The van der Waals surface area contributed by atoms with E-state index in [0.717, 1.165) is 47.4 Å². The lowest BCUT2D eigenvalue weighted by molar-refractivity contribution is 0.0788. The van der Waals surface area contributed by atoms with E-state index in [0.29, 0.717) is 22.3 Å². The number of aliphatic hydroxyl groups excluding tert-OH is 1. The summed E-state index contributed by atoms with van der Waals surface area (Å²) >= 11 is 13.9. The minimum Gasteiger partial charge on any atom is -0.397 e. The van der Waals surface area contributed by atoms with Crippen molar-refractivity contribution >= 4 is 66.6 Å². The molecular weight excluding hydrogens is 514 g/mol. The summed E-state index contributed by atoms with van der Waals surface area (Å²) in [4.78, 5) is 15.7. The third-order valence-electron chi connectivity index (χ3n) is 4.99. The molecule has 1 aliphatic heterocycles. The quantitative estimate of drug-likeness (QED) is 0.284. The minimum absolute atomic E-state index is 0.00633. The lowest BCUT2D eigenvalue weighted by atomic mass is 10.2. The highest BCUT2D eigenvalue weighted by Gasteiger charge is 2.25. The third-order valence-corrected chi connectivity index (χ3v) is 7.61. The third kappa shape index (κ3) is 6.78. The van der Waals surface area contributed by atoms with Gasteiger partial charge in [0.05, 0.1) is 11.2 Å². The topological polar surface area (TPSA) is 70.8 Å². The van der Waals surface area contributed by atoms with E-state index in [1.807, 2.05) is 49.2 Å². The molecule has 0 aliphatic carbocycles. The lowest BCUT2D eigenvalue weighted by Gasteiger charge is -2.22. The molecule has 3 aromatic rings. The molecule has 0 radical (unpaired) electrons. The van der Waals surface area contributed by atoms with Gasteiger partial charge in [-0.05, 0) is 75.0 Å². The van der Waals surface area contributed by atoms with Gasteiger partial charge in [0, 0.05) is 53.7 Å². The van der Waals surface area contributed by atoms with Gasteiger partial charge in [0.2, 0.25) is 0 Å². The Kier molecular flexibility index (Phi) is 10.3. The van der Waals surface area contributed by atoms with Gasteiger partial charge >= 0.3 is 0 Å². The Morgan fingerprint density at radius 3 is 2.44 bits per heavy atom. The minimum atomic E-state index is 0.00633. The van der Waals surface area contributed by atoms with E-state index < -0.39 is 0 Å². The molecule has 184 valence electrons. The van der Waals surface area contributed by atoms with Crippen LogP contribution in [0, 0.1) is 0 Å². The van der Waals surface area contributed by atoms with Crippen molar-refractivity contribution in [3.63, 3.8) is 0 Å². The van der Waals surface area contributed by atoms with Gasteiger partial charge in [0.15, 0.2) is 5.69 Å². The fraction of sp³-hybridized carbons (Fsp3) is 0.391. The fourth-order valence-corrected chi connectivity index (χ4v) is 6.09. The number of aryl methyl sites for hydroxylation is 1. The zero-order chi connectivity index (χ0) is 24.7. The van der Waals surface area contributed by atoms with Crippen molar-refractivity contribution in [2.75, 3.05) is 30.4 Å². The summed E-state index contributed by atoms with van der Waals surface area (Å²) < 4.78 is 9.54. The number of benzene rings is 2. The number of carbonyl (C=O) groups excluding carboxylic acids is 1. The Hall–Kier alpha value is -1.54. The predicted molar refractivity (Wildman–Crippen MR) is 143 cm³/mol. The summed E-state index contributed by atoms with van der Waals surface area (Å²) in [6.07, 6.45) is 2.11. The molecule has 7 nitrogen and oxygen atoms in total. The van der Waals surface area contributed by atoms with Crippen LogP contribution in [0.4, 0.5) is 5.69 Å². The van der Waals surface area contributed by atoms with Crippen LogP contribution in [-0.4, -0.2) is 52.0 Å². The molecule has 1 aromatic heterocycles. The standard InChI is InChI=1S/C21H23Cl2N4O2PS.C2H6O/c1-3-29-30-27(31-17-11-14(22)10-15(23)12-17)16-6-7-18-19(13-16)25(2)24-20(18)21(28)26-8-4-5-9-26;1-2-3/h6-7,10-13,30H,3-5,8-9H2,1-2H3;3H,2H2,1H3. The first-order chi connectivity index (χ1) is 16.4. The van der Waals surface area contributed by atoms with Crippen molar-refractivity contribution in [3.05, 3.63) is 52.1 Å². The summed E-state index contributed by atoms with van der Waals surface area (Å²) in [6.45, 7) is 6.11. The van der Waals surface area contributed by atoms with Gasteiger partial charge < -0.3 is 14.5 Å². The first-order valence-corrected chi connectivity index (χ1v) is 13.4. The molecule has 0 spiro atoms. The van der Waals surface area contributed by atoms with E-state index in [-0.39, 0.29) is 21.5 Å². The Balaban J connectivity index is 0.00000103. The number of rotatable bonds is 7. The van der Waals surface area contributed by atoms with E-state index >= 15 is 0 Å². The van der Waals surface area contributed by atoms with Crippen LogP contribution in [0.3, 0.4) is 0 Å². The summed E-state index contributed by atoms with van der Waals surface area (Å²) in [7, 11) is 1.97. The molecule has 2 aromatic carbocycles. The molecule has 0 saturated carbocycles. The number of nitrogens with zero attached hydrogens (tertiary/aromatic N) is 4. The Morgan fingerprint density at radius 1 is 1.18 bits per heavy atom. The summed E-state index contributed by atoms with van der Waals surface area (Å²) in [5.41, 5.74) is 2.36. The smallest absolute Gasteiger partial charge is 0.274 e. The van der Waals surface area contributed by atoms with Gasteiger partial charge in [-0.15, -0.1) is 0 Å². The highest BCUT2D eigenvalue weighted by Crippen LogP contribution is 2.41. The predicted octanol–water partition coefficient (Wildman–Crippen LogP) is 6.17. The highest BCUT2D eigenvalue weighted by atomic mass is 35.5. The number of halogens is 2. The van der Waals surface area contributed by atoms with Crippen LogP contribution in [0.5, 0.6) is 0 Å². The molecule has 1 amide bonds. The molecule has 1 atom stereocenters. The molecule has 1 fully saturated rings. The second-order valence-corrected chi connectivity index (χ2v) is 10.6. The zero-order valence-corrected chi connectivity index (χ0v) is 22.8. The molecule has 34 heavy (non-hydrogen) atoms. The Morgan fingerprint density at radius 2 is 1.82 bits per heavy atom. The largest absolute Gasteiger partial charge is 0.397 e. The number of hydrogen-bond donors (Lipinski definition) is 1. The molecule has 2 heterocycles. The number of hydrogen-bond acceptors (Lipinski definition) is 6. The van der Waals surface area contributed by atoms with Crippen LogP contribution in [0.2, 0.25) is 10.0 Å². The summed E-state index contributed by atoms with van der Waals surface area (Å²) in [5.74, 6) is 0.00633. The molecule has 4 rings (SSSR count). The van der Waals surface area contributed by atoms with Crippen LogP contribution in [0.1, 0.15) is 37.2 Å². The van der Waals surface area contributed by atoms with E-state index in [9.17, 15) is 4.79 Å². The first kappa shape index (κ1) is 27.1. The number of anilines is 1. The maximum Gasteiger partial charge on any atom is 0.274 e. The number of likely N-dealkylation sites (tertiary alicyclic amines) is 1. The van der Waals surface area contributed by atoms with E-state index in [4.69, 9.17) is 32.8 Å². The number of aromatic nitrogens is 2. The summed E-state index contributed by atoms with van der Waals surface area (Å²) in [5, 5.41) is 14.1. The molecule has 11 heteroatoms. The number of fused-ring (bicyclic) bond motifs is 1. The molecule has 1 saturated heterocycles. The normalized spacial score (nSPS) is 13.5. The fourth-order valence-electron chi connectivity index (χ4n) is 3.53. The van der Waals surface area contributed by atoms with E-state index in [1.165, 1.54) is 11.9 Å². The van der Waals surface area contributed by atoms with Gasteiger partial charge in [0.1, 0.15) is 8.96 Å². The van der Waals surface area contributed by atoms with Crippen molar-refractivity contribution in [1.82, 2.24) is 14.7 Å². The van der Waals surface area contributed by atoms with Crippen molar-refractivity contribution in [2.45, 2.75) is 31.6 Å². The van der Waals surface area contributed by atoms with Crippen LogP contribution in [0.15, 0.2) is 41.3 Å². The second kappa shape index (κ2) is 13.0. The lowest BCUT2D eigenvalue weighted by Crippen LogP contribution is -2.28. The SMILES string of the molecule is CCO.CCOPN(Sc1cc(Cl)cc(Cl)c1)c1ccc2c(C(=O)N3CCCC3)nn(C)c2c1. The zero-order valence-electron chi connectivity index (χ0n) is 19.4. The van der Waals surface area contributed by atoms with Crippen LogP contribution < -0.4 is 4.08 Å². The molecule has 1 N–H and O–H groups in total. The van der Waals surface area contributed by atoms with Gasteiger partial charge in [-0.3, -0.25) is 13.6 Å². The van der Waals surface area contributed by atoms with Crippen LogP contribution in [0.25, 0.3) is 10.9 Å². The van der Waals surface area contributed by atoms with Crippen molar-refractivity contribution in [1.29, 1.82) is 0 Å². The summed E-state index contributed by atoms with van der Waals surface area (Å²) in [6, 6.07) is 11.5. The van der Waals surface area contributed by atoms with E-state index in [1.54, 1.807) is 17.7 Å². The van der Waals surface area contributed by atoms with Gasteiger partial charge in [0.25, 0.3) is 5.91 Å². The maximum atomic E-state index is 12.9. The monoisotopic (exact) mass is 542 g/mol. The average Bonchev–Trinajstić information content (AvgIpc) is 3.44. The van der Waals surface area contributed by atoms with Gasteiger partial charge in [-0.25, -0.2) is 0 Å². The number of carbonyl (C=O) groups is 1. The van der Waals surface area contributed by atoms with Crippen molar-refractivity contribution in [2.24, 2.45) is 7.05 Å². The number of aliphatic hydroxyl groups is 1. The van der Waals surface area contributed by atoms with Crippen LogP contribution in [-0.2, 0) is 11.6 Å². The van der Waals surface area contributed by atoms with E-state index in [2.05, 4.69) is 9.17 Å². The van der Waals surface area contributed by atoms with Crippen molar-refractivity contribution in [3.8, 4) is 0 Å². The first-order valence-electron chi connectivity index (χ1n) is 11.1. The molecular formula is C23H29Cl2N4O3PS. The van der Waals surface area contributed by atoms with Crippen LogP contribution >= 0.6 is 44.1 Å². The molecule has 1 aliphatic rings. The molecule has 0 bridgehead atoms. The van der Waals surface area contributed by atoms with Gasteiger partial charge in [-0.2, -0.15) is 5.10 Å². The average molecular weight is 543 g/mol. The highest BCUT2D eigenvalue weighted by molar-refractivity contribution is 8.04.